The van der Waals surface area contributed by atoms with Crippen LogP contribution in [0.5, 0.6) is 5.75 Å². The molecule has 1 amide bonds. The van der Waals surface area contributed by atoms with E-state index in [0.717, 1.165) is 24.0 Å². The van der Waals surface area contributed by atoms with Gasteiger partial charge in [-0.2, -0.15) is 5.06 Å². The van der Waals surface area contributed by atoms with Gasteiger partial charge in [0.2, 0.25) is 0 Å². The molecule has 9 heteroatoms. The largest absolute Gasteiger partial charge is 0.511 e. The van der Waals surface area contributed by atoms with Gasteiger partial charge in [0.05, 0.1) is 29.9 Å². The molecule has 1 aromatic carbocycles. The average Bonchev–Trinajstić information content (AvgIpc) is 3.60. The summed E-state index contributed by atoms with van der Waals surface area (Å²) in [7, 11) is 3.33. The molecule has 0 spiro atoms. The number of aliphatic hydroxyl groups is 2. The van der Waals surface area contributed by atoms with Crippen LogP contribution in [0.3, 0.4) is 0 Å². The van der Waals surface area contributed by atoms with Crippen molar-refractivity contribution in [2.45, 2.75) is 32.2 Å². The van der Waals surface area contributed by atoms with Crippen LogP contribution in [0.4, 0.5) is 0 Å². The molecular weight excluding hydrogens is 438 g/mol. The lowest BCUT2D eigenvalue weighted by Crippen LogP contribution is -2.50. The number of phenolic OH excluding ortho intramolecular Hbond substituents is 1. The van der Waals surface area contributed by atoms with Crippen molar-refractivity contribution in [2.24, 2.45) is 35.3 Å². The van der Waals surface area contributed by atoms with Crippen LogP contribution in [-0.2, 0) is 27.4 Å². The van der Waals surface area contributed by atoms with Gasteiger partial charge in [0.15, 0.2) is 5.78 Å². The Bertz CT molecular complexity index is 1180. The molecule has 4 unspecified atom stereocenters. The molecule has 0 bridgehead atoms. The number of hydrogen-bond acceptors (Lipinski definition) is 8. The summed E-state index contributed by atoms with van der Waals surface area (Å²) in [5.74, 6) is -3.79. The van der Waals surface area contributed by atoms with E-state index in [2.05, 4.69) is 0 Å². The molecule has 1 aromatic rings. The Kier molecular flexibility index (Phi) is 5.29. The number of nitrogens with two attached hydrogens (primary N) is 1. The van der Waals surface area contributed by atoms with Crippen molar-refractivity contribution in [3.63, 3.8) is 0 Å². The van der Waals surface area contributed by atoms with E-state index in [9.17, 15) is 24.9 Å². The molecule has 0 aliphatic heterocycles. The standard InChI is InChI=1S/C25H29N3O6/c1-28(34-2)9-11-5-6-15(29)18-13(11)7-12-8-14-16(10-3-4-10)22(30)20(25(27)33)21(26)19(14)24(32)17(12)23(18)31/h5-6,10,12,14,16,19,26,29-31H,3-4,7-9H2,1-2H3,(H2,27,33). The first-order valence-electron chi connectivity index (χ1n) is 11.5. The molecule has 0 aromatic heterocycles. The molecule has 9 nitrogen and oxygen atoms in total. The number of ketones is 1. The van der Waals surface area contributed by atoms with E-state index in [1.54, 1.807) is 25.3 Å². The highest BCUT2D eigenvalue weighted by Gasteiger charge is 2.56. The number of hydroxylamine groups is 2. The molecular formula is C25H29N3O6. The molecule has 180 valence electrons. The van der Waals surface area contributed by atoms with Gasteiger partial charge in [-0.1, -0.05) is 6.07 Å². The number of nitrogens with zero attached hydrogens (tertiary/aromatic N) is 1. The minimum atomic E-state index is -0.955. The number of aromatic hydroxyl groups is 1. The Labute approximate surface area is 197 Å². The van der Waals surface area contributed by atoms with E-state index < -0.39 is 23.5 Å². The second-order valence-corrected chi connectivity index (χ2v) is 9.87. The van der Waals surface area contributed by atoms with Crippen LogP contribution in [0.2, 0.25) is 0 Å². The number of hydrogen-bond donors (Lipinski definition) is 5. The number of allylic oxidation sites excluding steroid dienone is 2. The Hall–Kier alpha value is -3.17. The van der Waals surface area contributed by atoms with Gasteiger partial charge in [-0.25, -0.2) is 0 Å². The number of amides is 1. The Morgan fingerprint density at radius 3 is 2.59 bits per heavy atom. The minimum Gasteiger partial charge on any atom is -0.511 e. The zero-order chi connectivity index (χ0) is 24.5. The van der Waals surface area contributed by atoms with Gasteiger partial charge in [-0.15, -0.1) is 0 Å². The third-order valence-electron chi connectivity index (χ3n) is 7.97. The number of phenols is 1. The summed E-state index contributed by atoms with van der Waals surface area (Å²) in [6.07, 6.45) is 2.68. The van der Waals surface area contributed by atoms with Crippen LogP contribution in [0.1, 0.15) is 36.0 Å². The highest BCUT2D eigenvalue weighted by atomic mass is 16.7. The Balaban J connectivity index is 1.63. The van der Waals surface area contributed by atoms with Crippen molar-refractivity contribution in [2.75, 3.05) is 14.2 Å². The summed E-state index contributed by atoms with van der Waals surface area (Å²) in [5, 5.41) is 43.0. The van der Waals surface area contributed by atoms with E-state index in [4.69, 9.17) is 16.0 Å². The molecule has 0 saturated heterocycles. The van der Waals surface area contributed by atoms with Crippen molar-refractivity contribution in [1.29, 1.82) is 5.41 Å². The van der Waals surface area contributed by atoms with Crippen molar-refractivity contribution >= 4 is 23.2 Å². The summed E-state index contributed by atoms with van der Waals surface area (Å²) >= 11 is 0. The number of rotatable bonds is 5. The van der Waals surface area contributed by atoms with Gasteiger partial charge in [0.25, 0.3) is 5.91 Å². The number of benzene rings is 1. The number of Topliss-reactive ketones (excluding diaryl/α,β-unsaturated/α-hetero) is 1. The van der Waals surface area contributed by atoms with E-state index >= 15 is 0 Å². The molecule has 4 aliphatic rings. The molecule has 0 radical (unpaired) electrons. The van der Waals surface area contributed by atoms with Gasteiger partial charge >= 0.3 is 0 Å². The predicted octanol–water partition coefficient (Wildman–Crippen LogP) is 2.39. The first kappa shape index (κ1) is 22.6. The van der Waals surface area contributed by atoms with Crippen LogP contribution < -0.4 is 5.73 Å². The Morgan fingerprint density at radius 2 is 1.97 bits per heavy atom. The van der Waals surface area contributed by atoms with Crippen molar-refractivity contribution in [3.05, 3.63) is 45.7 Å². The van der Waals surface area contributed by atoms with Gasteiger partial charge in [0.1, 0.15) is 17.3 Å². The summed E-state index contributed by atoms with van der Waals surface area (Å²) in [6, 6.07) is 3.27. The van der Waals surface area contributed by atoms with Crippen LogP contribution in [0.25, 0.3) is 5.76 Å². The lowest BCUT2D eigenvalue weighted by Gasteiger charge is -2.45. The monoisotopic (exact) mass is 467 g/mol. The molecule has 34 heavy (non-hydrogen) atoms. The molecule has 6 N–H and O–H groups in total. The highest BCUT2D eigenvalue weighted by Crippen LogP contribution is 2.56. The van der Waals surface area contributed by atoms with Gasteiger partial charge in [-0.05, 0) is 60.6 Å². The quantitative estimate of drug-likeness (QED) is 0.416. The van der Waals surface area contributed by atoms with Gasteiger partial charge in [-0.3, -0.25) is 9.59 Å². The zero-order valence-corrected chi connectivity index (χ0v) is 19.2. The van der Waals surface area contributed by atoms with Crippen LogP contribution in [0.15, 0.2) is 29.0 Å². The fourth-order valence-electron chi connectivity index (χ4n) is 6.30. The van der Waals surface area contributed by atoms with E-state index in [1.807, 2.05) is 0 Å². The van der Waals surface area contributed by atoms with Crippen molar-refractivity contribution in [3.8, 4) is 5.75 Å². The maximum absolute atomic E-state index is 13.8. The number of fused-ring (bicyclic) bond motifs is 3. The fourth-order valence-corrected chi connectivity index (χ4v) is 6.30. The Morgan fingerprint density at radius 1 is 1.26 bits per heavy atom. The van der Waals surface area contributed by atoms with E-state index in [0.29, 0.717) is 19.4 Å². The van der Waals surface area contributed by atoms with Crippen LogP contribution >= 0.6 is 0 Å². The number of primary amides is 1. The zero-order valence-electron chi connectivity index (χ0n) is 19.2. The lowest BCUT2D eigenvalue weighted by molar-refractivity contribution is -0.122. The summed E-state index contributed by atoms with van der Waals surface area (Å²) in [5.41, 5.74) is 6.99. The molecule has 5 rings (SSSR count). The third-order valence-corrected chi connectivity index (χ3v) is 7.97. The maximum atomic E-state index is 13.8. The number of carbonyl (C=O) groups excluding carboxylic acids is 2. The SMILES string of the molecule is CON(C)Cc1ccc(O)c2c1CC1CC3C(C(=N)C(C(N)=O)=C(O)C3C3CC3)C(=O)C1=C2O. The molecule has 2 saturated carbocycles. The number of carbonyl (C=O) groups is 2. The third kappa shape index (κ3) is 3.25. The number of nitrogens with one attached hydrogen (secondary N) is 1. The fraction of sp³-hybridized carbons (Fsp3) is 0.480. The van der Waals surface area contributed by atoms with Gasteiger partial charge in [0, 0.05) is 25.1 Å². The first-order valence-corrected chi connectivity index (χ1v) is 11.5. The van der Waals surface area contributed by atoms with Gasteiger partial charge < -0.3 is 31.3 Å². The molecule has 4 aliphatic carbocycles. The van der Waals surface area contributed by atoms with E-state index in [-0.39, 0.29) is 57.4 Å². The van der Waals surface area contributed by atoms with Crippen LogP contribution in [-0.4, -0.2) is 51.9 Å². The minimum absolute atomic E-state index is 0.123. The molecule has 0 heterocycles. The number of aliphatic hydroxyl groups excluding tert-OH is 2. The van der Waals surface area contributed by atoms with Crippen molar-refractivity contribution in [1.82, 2.24) is 5.06 Å². The van der Waals surface area contributed by atoms with E-state index in [1.165, 1.54) is 6.07 Å². The molecule has 2 fully saturated rings. The summed E-state index contributed by atoms with van der Waals surface area (Å²) in [4.78, 5) is 31.1. The highest BCUT2D eigenvalue weighted by molar-refractivity contribution is 6.29. The lowest BCUT2D eigenvalue weighted by atomic mass is 9.57. The second kappa shape index (κ2) is 7.95. The average molecular weight is 468 g/mol. The first-order chi connectivity index (χ1) is 16.1. The topological polar surface area (TPSA) is 157 Å². The maximum Gasteiger partial charge on any atom is 0.253 e. The second-order valence-electron chi connectivity index (χ2n) is 9.87. The smallest absolute Gasteiger partial charge is 0.253 e. The predicted molar refractivity (Wildman–Crippen MR) is 123 cm³/mol. The molecule has 4 atom stereocenters. The summed E-state index contributed by atoms with van der Waals surface area (Å²) in [6.45, 7) is 0.426. The summed E-state index contributed by atoms with van der Waals surface area (Å²) < 4.78 is 0. The van der Waals surface area contributed by atoms with Crippen molar-refractivity contribution < 1.29 is 29.7 Å². The van der Waals surface area contributed by atoms with Crippen LogP contribution in [0, 0.1) is 35.0 Å². The normalized spacial score (nSPS) is 28.7.